The lowest BCUT2D eigenvalue weighted by Crippen LogP contribution is -2.35. The monoisotopic (exact) mass is 327 g/mol. The zero-order chi connectivity index (χ0) is 16.9. The number of benzene rings is 1. The number of nitrogens with zero attached hydrogens (tertiary/aromatic N) is 3. The first kappa shape index (κ1) is 16.6. The summed E-state index contributed by atoms with van der Waals surface area (Å²) in [6.45, 7) is 5.88. The van der Waals surface area contributed by atoms with Gasteiger partial charge in [0, 0.05) is 50.7 Å². The summed E-state index contributed by atoms with van der Waals surface area (Å²) in [5, 5.41) is 0. The van der Waals surface area contributed by atoms with Gasteiger partial charge in [-0.25, -0.2) is 4.39 Å². The Kier molecular flexibility index (Phi) is 5.20. The highest BCUT2D eigenvalue weighted by atomic mass is 19.1. The van der Waals surface area contributed by atoms with Crippen LogP contribution in [0.4, 0.5) is 4.39 Å². The normalized spacial score (nSPS) is 16.0. The SMILES string of the molecule is Cc1ccc(F)cc1CN1CCCN(C(=O)c2ccncc2)CC1. The minimum Gasteiger partial charge on any atom is -0.337 e. The van der Waals surface area contributed by atoms with Crippen LogP contribution in [0.25, 0.3) is 0 Å². The van der Waals surface area contributed by atoms with Gasteiger partial charge in [0.25, 0.3) is 5.91 Å². The van der Waals surface area contributed by atoms with E-state index < -0.39 is 0 Å². The number of hydrogen-bond donors (Lipinski definition) is 0. The summed E-state index contributed by atoms with van der Waals surface area (Å²) < 4.78 is 13.5. The van der Waals surface area contributed by atoms with Gasteiger partial charge in [-0.15, -0.1) is 0 Å². The van der Waals surface area contributed by atoms with E-state index in [4.69, 9.17) is 0 Å². The Morgan fingerprint density at radius 3 is 2.71 bits per heavy atom. The molecule has 0 saturated carbocycles. The van der Waals surface area contributed by atoms with Crippen LogP contribution >= 0.6 is 0 Å². The molecule has 1 amide bonds. The van der Waals surface area contributed by atoms with E-state index in [1.807, 2.05) is 17.9 Å². The molecule has 0 N–H and O–H groups in total. The molecule has 2 heterocycles. The van der Waals surface area contributed by atoms with Crippen molar-refractivity contribution >= 4 is 5.91 Å². The van der Waals surface area contributed by atoms with Gasteiger partial charge in [-0.2, -0.15) is 0 Å². The highest BCUT2D eigenvalue weighted by Gasteiger charge is 2.20. The van der Waals surface area contributed by atoms with Crippen LogP contribution in [0, 0.1) is 12.7 Å². The molecule has 2 aromatic rings. The van der Waals surface area contributed by atoms with Gasteiger partial charge in [0.15, 0.2) is 0 Å². The second kappa shape index (κ2) is 7.53. The van der Waals surface area contributed by atoms with Crippen molar-refractivity contribution in [3.05, 3.63) is 65.2 Å². The largest absolute Gasteiger partial charge is 0.337 e. The first-order valence-corrected chi connectivity index (χ1v) is 8.30. The van der Waals surface area contributed by atoms with E-state index in [2.05, 4.69) is 9.88 Å². The number of aromatic nitrogens is 1. The molecule has 24 heavy (non-hydrogen) atoms. The lowest BCUT2D eigenvalue weighted by molar-refractivity contribution is 0.0761. The van der Waals surface area contributed by atoms with Crippen LogP contribution < -0.4 is 0 Å². The van der Waals surface area contributed by atoms with Crippen molar-refractivity contribution in [1.82, 2.24) is 14.8 Å². The van der Waals surface area contributed by atoms with Gasteiger partial charge in [-0.05, 0) is 48.7 Å². The lowest BCUT2D eigenvalue weighted by Gasteiger charge is -2.22. The molecule has 0 atom stereocenters. The summed E-state index contributed by atoms with van der Waals surface area (Å²) in [5.74, 6) is -0.138. The summed E-state index contributed by atoms with van der Waals surface area (Å²) in [7, 11) is 0. The van der Waals surface area contributed by atoms with E-state index in [0.717, 1.165) is 43.7 Å². The van der Waals surface area contributed by atoms with Crippen LogP contribution in [0.2, 0.25) is 0 Å². The summed E-state index contributed by atoms with van der Waals surface area (Å²) in [4.78, 5) is 20.7. The Morgan fingerprint density at radius 2 is 1.92 bits per heavy atom. The Balaban J connectivity index is 1.63. The van der Waals surface area contributed by atoms with Crippen LogP contribution in [0.15, 0.2) is 42.7 Å². The average Bonchev–Trinajstić information content (AvgIpc) is 2.84. The topological polar surface area (TPSA) is 36.4 Å². The maximum atomic E-state index is 13.5. The van der Waals surface area contributed by atoms with E-state index in [1.54, 1.807) is 30.6 Å². The number of amides is 1. The van der Waals surface area contributed by atoms with Crippen LogP contribution in [-0.2, 0) is 6.54 Å². The van der Waals surface area contributed by atoms with E-state index in [0.29, 0.717) is 12.1 Å². The number of halogens is 1. The van der Waals surface area contributed by atoms with E-state index in [-0.39, 0.29) is 11.7 Å². The highest BCUT2D eigenvalue weighted by Crippen LogP contribution is 2.15. The van der Waals surface area contributed by atoms with Crippen molar-refractivity contribution in [1.29, 1.82) is 0 Å². The number of carbonyl (C=O) groups is 1. The van der Waals surface area contributed by atoms with Gasteiger partial charge in [0.1, 0.15) is 5.82 Å². The van der Waals surface area contributed by atoms with E-state index in [9.17, 15) is 9.18 Å². The fraction of sp³-hybridized carbons (Fsp3) is 0.368. The molecule has 126 valence electrons. The predicted octanol–water partition coefficient (Wildman–Crippen LogP) is 2.88. The molecule has 1 aliphatic heterocycles. The van der Waals surface area contributed by atoms with Crippen molar-refractivity contribution in [3.63, 3.8) is 0 Å². The predicted molar refractivity (Wildman–Crippen MR) is 91.2 cm³/mol. The minimum atomic E-state index is -0.195. The van der Waals surface area contributed by atoms with Crippen LogP contribution in [0.5, 0.6) is 0 Å². The third-order valence-electron chi connectivity index (χ3n) is 4.51. The molecular weight excluding hydrogens is 305 g/mol. The zero-order valence-corrected chi connectivity index (χ0v) is 13.9. The van der Waals surface area contributed by atoms with Crippen molar-refractivity contribution in [2.75, 3.05) is 26.2 Å². The van der Waals surface area contributed by atoms with Crippen molar-refractivity contribution in [3.8, 4) is 0 Å². The molecule has 1 aromatic carbocycles. The van der Waals surface area contributed by atoms with Gasteiger partial charge in [-0.1, -0.05) is 6.07 Å². The smallest absolute Gasteiger partial charge is 0.254 e. The van der Waals surface area contributed by atoms with Crippen molar-refractivity contribution in [2.45, 2.75) is 19.9 Å². The summed E-state index contributed by atoms with van der Waals surface area (Å²) >= 11 is 0. The van der Waals surface area contributed by atoms with Crippen LogP contribution in [0.3, 0.4) is 0 Å². The Morgan fingerprint density at radius 1 is 1.12 bits per heavy atom. The van der Waals surface area contributed by atoms with Gasteiger partial charge in [0.2, 0.25) is 0 Å². The molecule has 4 nitrogen and oxygen atoms in total. The van der Waals surface area contributed by atoms with Crippen LogP contribution in [-0.4, -0.2) is 46.9 Å². The fourth-order valence-corrected chi connectivity index (χ4v) is 3.06. The minimum absolute atomic E-state index is 0.0567. The number of aryl methyl sites for hydroxylation is 1. The van der Waals surface area contributed by atoms with Gasteiger partial charge in [0.05, 0.1) is 0 Å². The number of carbonyl (C=O) groups excluding carboxylic acids is 1. The van der Waals surface area contributed by atoms with E-state index in [1.165, 1.54) is 6.07 Å². The summed E-state index contributed by atoms with van der Waals surface area (Å²) in [6, 6.07) is 8.43. The highest BCUT2D eigenvalue weighted by molar-refractivity contribution is 5.94. The first-order chi connectivity index (χ1) is 11.6. The number of hydrogen-bond acceptors (Lipinski definition) is 3. The lowest BCUT2D eigenvalue weighted by atomic mass is 10.1. The van der Waals surface area contributed by atoms with Crippen molar-refractivity contribution in [2.24, 2.45) is 0 Å². The Hall–Kier alpha value is -2.27. The second-order valence-corrected chi connectivity index (χ2v) is 6.23. The molecule has 0 spiro atoms. The zero-order valence-electron chi connectivity index (χ0n) is 13.9. The quantitative estimate of drug-likeness (QED) is 0.870. The Bertz CT molecular complexity index is 705. The molecule has 1 saturated heterocycles. The fourth-order valence-electron chi connectivity index (χ4n) is 3.06. The van der Waals surface area contributed by atoms with Crippen LogP contribution in [0.1, 0.15) is 27.9 Å². The summed E-state index contributed by atoms with van der Waals surface area (Å²) in [5.41, 5.74) is 2.80. The average molecular weight is 327 g/mol. The molecule has 1 fully saturated rings. The van der Waals surface area contributed by atoms with E-state index >= 15 is 0 Å². The second-order valence-electron chi connectivity index (χ2n) is 6.23. The number of rotatable bonds is 3. The number of pyridine rings is 1. The molecule has 0 aliphatic carbocycles. The summed E-state index contributed by atoms with van der Waals surface area (Å²) in [6.07, 6.45) is 4.21. The molecule has 5 heteroatoms. The maximum Gasteiger partial charge on any atom is 0.254 e. The molecule has 0 unspecified atom stereocenters. The first-order valence-electron chi connectivity index (χ1n) is 8.30. The van der Waals surface area contributed by atoms with Gasteiger partial charge in [-0.3, -0.25) is 14.7 Å². The molecule has 3 rings (SSSR count). The molecule has 0 radical (unpaired) electrons. The standard InChI is InChI=1S/C19H22FN3O/c1-15-3-4-18(20)13-17(15)14-22-9-2-10-23(12-11-22)19(24)16-5-7-21-8-6-16/h3-8,13H,2,9-12,14H2,1H3. The van der Waals surface area contributed by atoms with Crippen molar-refractivity contribution < 1.29 is 9.18 Å². The molecule has 0 bridgehead atoms. The molecular formula is C19H22FN3O. The maximum absolute atomic E-state index is 13.5. The molecule has 1 aliphatic rings. The molecule has 1 aromatic heterocycles. The third-order valence-corrected chi connectivity index (χ3v) is 4.51. The Labute approximate surface area is 141 Å². The third kappa shape index (κ3) is 3.97. The van der Waals surface area contributed by atoms with Gasteiger partial charge >= 0.3 is 0 Å². The van der Waals surface area contributed by atoms with Gasteiger partial charge < -0.3 is 4.90 Å².